The van der Waals surface area contributed by atoms with Gasteiger partial charge in [-0.05, 0) is 55.7 Å². The van der Waals surface area contributed by atoms with Crippen LogP contribution in [0.3, 0.4) is 0 Å². The lowest BCUT2D eigenvalue weighted by atomic mass is 9.67. The third-order valence-corrected chi connectivity index (χ3v) is 5.32. The van der Waals surface area contributed by atoms with Crippen LogP contribution in [0, 0.1) is 16.7 Å². The number of nitriles is 1. The van der Waals surface area contributed by atoms with Gasteiger partial charge in [0.2, 0.25) is 0 Å². The Morgan fingerprint density at radius 2 is 1.87 bits per heavy atom. The number of carboxylic acid groups (broad SMARTS) is 1. The van der Waals surface area contributed by atoms with Crippen LogP contribution in [-0.2, 0) is 0 Å². The fourth-order valence-electron chi connectivity index (χ4n) is 3.71. The van der Waals surface area contributed by atoms with Gasteiger partial charge in [0.25, 0.3) is 0 Å². The molecule has 0 radical (unpaired) electrons. The molecule has 3 heteroatoms. The number of carbonyl (C=O) groups is 1. The first kappa shape index (κ1) is 17.5. The zero-order valence-electron chi connectivity index (χ0n) is 14.1. The minimum atomic E-state index is -0.879. The Balaban J connectivity index is 1.91. The van der Waals surface area contributed by atoms with Crippen LogP contribution in [0.2, 0.25) is 0 Å². The maximum atomic E-state index is 10.9. The smallest absolute Gasteiger partial charge is 0.335 e. The van der Waals surface area contributed by atoms with Crippen molar-refractivity contribution in [3.8, 4) is 6.07 Å². The van der Waals surface area contributed by atoms with Crippen LogP contribution >= 0.6 is 0 Å². The van der Waals surface area contributed by atoms with Crippen molar-refractivity contribution >= 4 is 5.97 Å². The van der Waals surface area contributed by atoms with Gasteiger partial charge in [0.15, 0.2) is 0 Å². The number of nitrogens with zero attached hydrogens (tertiary/aromatic N) is 1. The highest BCUT2D eigenvalue weighted by Crippen LogP contribution is 2.45. The summed E-state index contributed by atoms with van der Waals surface area (Å²) in [4.78, 5) is 10.9. The van der Waals surface area contributed by atoms with Crippen molar-refractivity contribution in [2.45, 2.75) is 70.6 Å². The van der Waals surface area contributed by atoms with Crippen LogP contribution < -0.4 is 0 Å². The largest absolute Gasteiger partial charge is 0.478 e. The van der Waals surface area contributed by atoms with Gasteiger partial charge in [0, 0.05) is 0 Å². The topological polar surface area (TPSA) is 61.1 Å². The highest BCUT2D eigenvalue weighted by Gasteiger charge is 2.35. The molecule has 0 aromatic heterocycles. The van der Waals surface area contributed by atoms with E-state index in [0.29, 0.717) is 11.5 Å². The molecule has 1 fully saturated rings. The van der Waals surface area contributed by atoms with Crippen LogP contribution in [0.4, 0.5) is 0 Å². The Hall–Kier alpha value is -1.82. The van der Waals surface area contributed by atoms with E-state index in [1.165, 1.54) is 31.2 Å². The lowest BCUT2D eigenvalue weighted by molar-refractivity contribution is 0.0697. The Morgan fingerprint density at radius 1 is 1.22 bits per heavy atom. The van der Waals surface area contributed by atoms with E-state index in [4.69, 9.17) is 5.11 Å². The first-order valence-corrected chi connectivity index (χ1v) is 8.85. The number of carboxylic acids is 1. The Morgan fingerprint density at radius 3 is 2.39 bits per heavy atom. The zero-order valence-corrected chi connectivity index (χ0v) is 14.1. The molecule has 1 saturated carbocycles. The van der Waals surface area contributed by atoms with Gasteiger partial charge in [0.05, 0.1) is 17.0 Å². The summed E-state index contributed by atoms with van der Waals surface area (Å²) in [6.45, 7) is 2.21. The van der Waals surface area contributed by atoms with Crippen molar-refractivity contribution in [2.24, 2.45) is 5.41 Å². The molecular formula is C20H27NO2. The van der Waals surface area contributed by atoms with Crippen LogP contribution in [0.25, 0.3) is 0 Å². The summed E-state index contributed by atoms with van der Waals surface area (Å²) in [7, 11) is 0. The van der Waals surface area contributed by atoms with E-state index < -0.39 is 5.97 Å². The van der Waals surface area contributed by atoms with Gasteiger partial charge >= 0.3 is 5.97 Å². The molecule has 124 valence electrons. The van der Waals surface area contributed by atoms with Gasteiger partial charge in [0.1, 0.15) is 0 Å². The highest BCUT2D eigenvalue weighted by molar-refractivity contribution is 5.87. The lowest BCUT2D eigenvalue weighted by Crippen LogP contribution is -2.25. The van der Waals surface area contributed by atoms with E-state index in [-0.39, 0.29) is 5.41 Å². The molecule has 0 aliphatic heterocycles. The minimum absolute atomic E-state index is 0.120. The molecule has 1 aliphatic rings. The van der Waals surface area contributed by atoms with Crippen molar-refractivity contribution in [1.29, 1.82) is 5.26 Å². The van der Waals surface area contributed by atoms with Crippen LogP contribution in [0.5, 0.6) is 0 Å². The van der Waals surface area contributed by atoms with E-state index in [9.17, 15) is 10.1 Å². The van der Waals surface area contributed by atoms with Gasteiger partial charge in [-0.3, -0.25) is 0 Å². The fraction of sp³-hybridized carbons (Fsp3) is 0.600. The summed E-state index contributed by atoms with van der Waals surface area (Å²) in [5.41, 5.74) is 1.44. The molecule has 0 bridgehead atoms. The maximum absolute atomic E-state index is 10.9. The Bertz CT molecular complexity index is 548. The third-order valence-electron chi connectivity index (χ3n) is 5.32. The number of rotatable bonds is 7. The standard InChI is InChI=1S/C20H27NO2/c1-2-3-4-5-12-20(15-21)13-10-17(11-14-20)16-6-8-18(9-7-16)19(22)23/h6-9,17H,2-5,10-14H2,1H3,(H,22,23). The maximum Gasteiger partial charge on any atom is 0.335 e. The van der Waals surface area contributed by atoms with Crippen LogP contribution in [0.1, 0.15) is 86.6 Å². The third kappa shape index (κ3) is 4.58. The van der Waals surface area contributed by atoms with Crippen LogP contribution in [-0.4, -0.2) is 11.1 Å². The second-order valence-corrected chi connectivity index (χ2v) is 6.90. The second kappa shape index (κ2) is 8.15. The zero-order chi connectivity index (χ0) is 16.7. The van der Waals surface area contributed by atoms with E-state index in [2.05, 4.69) is 13.0 Å². The average molecular weight is 313 g/mol. The normalized spacial score (nSPS) is 24.1. The number of hydrogen-bond donors (Lipinski definition) is 1. The predicted molar refractivity (Wildman–Crippen MR) is 91.4 cm³/mol. The van der Waals surface area contributed by atoms with Gasteiger partial charge < -0.3 is 5.11 Å². The summed E-state index contributed by atoms with van der Waals surface area (Å²) >= 11 is 0. The first-order chi connectivity index (χ1) is 11.1. The first-order valence-electron chi connectivity index (χ1n) is 8.85. The minimum Gasteiger partial charge on any atom is -0.478 e. The van der Waals surface area contributed by atoms with E-state index in [0.717, 1.165) is 32.1 Å². The van der Waals surface area contributed by atoms with Gasteiger partial charge in [-0.25, -0.2) is 4.79 Å². The van der Waals surface area contributed by atoms with E-state index >= 15 is 0 Å². The quantitative estimate of drug-likeness (QED) is 0.674. The highest BCUT2D eigenvalue weighted by atomic mass is 16.4. The van der Waals surface area contributed by atoms with Gasteiger partial charge in [-0.15, -0.1) is 0 Å². The number of benzene rings is 1. The van der Waals surface area contributed by atoms with Crippen molar-refractivity contribution in [1.82, 2.24) is 0 Å². The molecular weight excluding hydrogens is 286 g/mol. The molecule has 0 saturated heterocycles. The molecule has 1 aromatic carbocycles. The van der Waals surface area contributed by atoms with Crippen molar-refractivity contribution < 1.29 is 9.90 Å². The number of aromatic carboxylic acids is 1. The molecule has 0 amide bonds. The SMILES string of the molecule is CCCCCCC1(C#N)CCC(c2ccc(C(=O)O)cc2)CC1. The fourth-order valence-corrected chi connectivity index (χ4v) is 3.71. The van der Waals surface area contributed by atoms with Crippen molar-refractivity contribution in [3.05, 3.63) is 35.4 Å². The molecule has 1 aliphatic carbocycles. The summed E-state index contributed by atoms with van der Waals surface area (Å²) < 4.78 is 0. The lowest BCUT2D eigenvalue weighted by Gasteiger charge is -2.35. The molecule has 1 N–H and O–H groups in total. The average Bonchev–Trinajstić information content (AvgIpc) is 2.59. The van der Waals surface area contributed by atoms with Gasteiger partial charge in [-0.1, -0.05) is 44.7 Å². The second-order valence-electron chi connectivity index (χ2n) is 6.90. The Kier molecular flexibility index (Phi) is 6.21. The van der Waals surface area contributed by atoms with E-state index in [1.807, 2.05) is 12.1 Å². The molecule has 0 spiro atoms. The number of unbranched alkanes of at least 4 members (excludes halogenated alkanes) is 3. The van der Waals surface area contributed by atoms with Crippen molar-refractivity contribution in [2.75, 3.05) is 0 Å². The van der Waals surface area contributed by atoms with E-state index in [1.54, 1.807) is 12.1 Å². The van der Waals surface area contributed by atoms with Crippen LogP contribution in [0.15, 0.2) is 24.3 Å². The summed E-state index contributed by atoms with van der Waals surface area (Å²) in [6, 6.07) is 9.87. The molecule has 2 rings (SSSR count). The monoisotopic (exact) mass is 313 g/mol. The summed E-state index contributed by atoms with van der Waals surface area (Å²) in [5.74, 6) is -0.411. The predicted octanol–water partition coefficient (Wildman–Crippen LogP) is 5.52. The molecule has 3 nitrogen and oxygen atoms in total. The Labute approximate surface area is 139 Å². The summed E-state index contributed by atoms with van der Waals surface area (Å²) in [5, 5.41) is 18.6. The molecule has 0 atom stereocenters. The van der Waals surface area contributed by atoms with Gasteiger partial charge in [-0.2, -0.15) is 5.26 Å². The number of hydrogen-bond acceptors (Lipinski definition) is 2. The summed E-state index contributed by atoms with van der Waals surface area (Å²) in [6.07, 6.45) is 9.95. The van der Waals surface area contributed by atoms with Crippen molar-refractivity contribution in [3.63, 3.8) is 0 Å². The molecule has 1 aromatic rings. The molecule has 23 heavy (non-hydrogen) atoms. The molecule has 0 unspecified atom stereocenters. The molecule has 0 heterocycles.